The van der Waals surface area contributed by atoms with Gasteiger partial charge in [-0.15, -0.1) is 0 Å². The highest BCUT2D eigenvalue weighted by atomic mass is 35.5. The first kappa shape index (κ1) is 22.4. The number of hydrogen-bond acceptors (Lipinski definition) is 4. The average molecular weight is 437 g/mol. The Morgan fingerprint density at radius 2 is 2.10 bits per heavy atom. The predicted octanol–water partition coefficient (Wildman–Crippen LogP) is 5.78. The summed E-state index contributed by atoms with van der Waals surface area (Å²) in [4.78, 5) is 18.9. The number of halogens is 1. The fourth-order valence-electron chi connectivity index (χ4n) is 3.25. The standard InChI is InChI=1S/C24H25ClN4O2/c1-16(2)29(24(30)28-21-10-8-19(15-26)23(25)17(21)3)12-5-13-31-20-9-7-18-6-4-11-27-22(18)14-20/h4,6-11,14,16H,5,12-13H2,1-3H3,(H,28,30). The van der Waals surface area contributed by atoms with Gasteiger partial charge in [0.05, 0.1) is 22.7 Å². The number of rotatable bonds is 7. The van der Waals surface area contributed by atoms with E-state index < -0.39 is 0 Å². The highest BCUT2D eigenvalue weighted by Gasteiger charge is 2.18. The molecular formula is C24H25ClN4O2. The summed E-state index contributed by atoms with van der Waals surface area (Å²) in [7, 11) is 0. The van der Waals surface area contributed by atoms with Crippen molar-refractivity contribution in [3.05, 3.63) is 64.8 Å². The van der Waals surface area contributed by atoms with E-state index in [1.807, 2.05) is 50.2 Å². The van der Waals surface area contributed by atoms with E-state index >= 15 is 0 Å². The van der Waals surface area contributed by atoms with Crippen molar-refractivity contribution in [2.75, 3.05) is 18.5 Å². The molecule has 3 aromatic rings. The Balaban J connectivity index is 1.57. The largest absolute Gasteiger partial charge is 0.493 e. The van der Waals surface area contributed by atoms with Crippen LogP contribution in [0, 0.1) is 18.3 Å². The summed E-state index contributed by atoms with van der Waals surface area (Å²) in [6.07, 6.45) is 2.44. The normalized spacial score (nSPS) is 10.7. The first-order chi connectivity index (χ1) is 14.9. The number of carbonyl (C=O) groups is 1. The van der Waals surface area contributed by atoms with Crippen LogP contribution in [0.2, 0.25) is 5.02 Å². The van der Waals surface area contributed by atoms with E-state index in [0.717, 1.165) is 16.7 Å². The van der Waals surface area contributed by atoms with E-state index in [0.29, 0.717) is 41.4 Å². The highest BCUT2D eigenvalue weighted by Crippen LogP contribution is 2.27. The predicted molar refractivity (Wildman–Crippen MR) is 124 cm³/mol. The molecule has 0 bridgehead atoms. The molecule has 0 saturated carbocycles. The molecule has 31 heavy (non-hydrogen) atoms. The summed E-state index contributed by atoms with van der Waals surface area (Å²) in [6.45, 7) is 6.74. The molecule has 0 aliphatic carbocycles. The fourth-order valence-corrected chi connectivity index (χ4v) is 3.46. The number of carbonyl (C=O) groups excluding carboxylic acids is 1. The monoisotopic (exact) mass is 436 g/mol. The molecule has 6 nitrogen and oxygen atoms in total. The minimum atomic E-state index is -0.214. The van der Waals surface area contributed by atoms with E-state index in [9.17, 15) is 4.79 Å². The number of pyridine rings is 1. The van der Waals surface area contributed by atoms with Gasteiger partial charge in [0.1, 0.15) is 11.8 Å². The number of nitrogens with one attached hydrogen (secondary N) is 1. The molecule has 160 valence electrons. The Kier molecular flexibility index (Phi) is 7.32. The van der Waals surface area contributed by atoms with Crippen LogP contribution >= 0.6 is 11.6 Å². The van der Waals surface area contributed by atoms with E-state index in [4.69, 9.17) is 21.6 Å². The van der Waals surface area contributed by atoms with Crippen LogP contribution < -0.4 is 10.1 Å². The summed E-state index contributed by atoms with van der Waals surface area (Å²) in [5.41, 5.74) is 2.55. The third-order valence-electron chi connectivity index (χ3n) is 5.02. The van der Waals surface area contributed by atoms with Gasteiger partial charge >= 0.3 is 6.03 Å². The minimum absolute atomic E-state index is 0.0130. The van der Waals surface area contributed by atoms with Gasteiger partial charge in [-0.3, -0.25) is 4.98 Å². The maximum absolute atomic E-state index is 12.8. The molecule has 7 heteroatoms. The van der Waals surface area contributed by atoms with Gasteiger partial charge in [-0.2, -0.15) is 5.26 Å². The molecule has 0 radical (unpaired) electrons. The van der Waals surface area contributed by atoms with Crippen LogP contribution in [0.3, 0.4) is 0 Å². The molecule has 1 heterocycles. The van der Waals surface area contributed by atoms with Gasteiger partial charge in [0.25, 0.3) is 0 Å². The van der Waals surface area contributed by atoms with E-state index in [-0.39, 0.29) is 12.1 Å². The molecule has 0 atom stereocenters. The number of benzene rings is 2. The van der Waals surface area contributed by atoms with Crippen molar-refractivity contribution >= 4 is 34.2 Å². The molecule has 0 spiro atoms. The molecule has 1 aromatic heterocycles. The topological polar surface area (TPSA) is 78.2 Å². The van der Waals surface area contributed by atoms with Crippen LogP contribution in [0.15, 0.2) is 48.7 Å². The van der Waals surface area contributed by atoms with Crippen LogP contribution in [-0.4, -0.2) is 35.1 Å². The van der Waals surface area contributed by atoms with Crippen LogP contribution in [0.4, 0.5) is 10.5 Å². The van der Waals surface area contributed by atoms with Crippen molar-refractivity contribution in [1.29, 1.82) is 5.26 Å². The second-order valence-corrected chi connectivity index (χ2v) is 7.87. The van der Waals surface area contributed by atoms with Gasteiger partial charge < -0.3 is 15.0 Å². The minimum Gasteiger partial charge on any atom is -0.493 e. The molecule has 3 rings (SSSR count). The first-order valence-corrected chi connectivity index (χ1v) is 10.5. The Labute approximate surface area is 187 Å². The van der Waals surface area contributed by atoms with Crippen LogP contribution in [-0.2, 0) is 0 Å². The number of nitrogens with zero attached hydrogens (tertiary/aromatic N) is 3. The van der Waals surface area contributed by atoms with Crippen molar-refractivity contribution in [2.45, 2.75) is 33.2 Å². The van der Waals surface area contributed by atoms with E-state index in [2.05, 4.69) is 10.3 Å². The molecule has 0 aliphatic rings. The van der Waals surface area contributed by atoms with Crippen molar-refractivity contribution in [1.82, 2.24) is 9.88 Å². The SMILES string of the molecule is Cc1c(NC(=O)N(CCCOc2ccc3cccnc3c2)C(C)C)ccc(C#N)c1Cl. The lowest BCUT2D eigenvalue weighted by molar-refractivity contribution is 0.189. The molecule has 0 unspecified atom stereocenters. The number of ether oxygens (including phenoxy) is 1. The second-order valence-electron chi connectivity index (χ2n) is 7.49. The van der Waals surface area contributed by atoms with E-state index in [1.54, 1.807) is 30.2 Å². The zero-order chi connectivity index (χ0) is 22.4. The van der Waals surface area contributed by atoms with Gasteiger partial charge in [-0.05, 0) is 63.1 Å². The van der Waals surface area contributed by atoms with Crippen molar-refractivity contribution in [3.8, 4) is 11.8 Å². The third-order valence-corrected chi connectivity index (χ3v) is 5.51. The number of hydrogen-bond donors (Lipinski definition) is 1. The summed E-state index contributed by atoms with van der Waals surface area (Å²) in [6, 6.07) is 14.9. The number of fused-ring (bicyclic) bond motifs is 1. The lowest BCUT2D eigenvalue weighted by Gasteiger charge is -2.27. The number of nitriles is 1. The van der Waals surface area contributed by atoms with Crippen molar-refractivity contribution < 1.29 is 9.53 Å². The zero-order valence-corrected chi connectivity index (χ0v) is 18.6. The maximum atomic E-state index is 12.8. The molecule has 1 N–H and O–H groups in total. The molecule has 2 aromatic carbocycles. The third kappa shape index (κ3) is 5.44. The maximum Gasteiger partial charge on any atom is 0.322 e. The van der Waals surface area contributed by atoms with Gasteiger partial charge in [0.15, 0.2) is 0 Å². The summed E-state index contributed by atoms with van der Waals surface area (Å²) in [5, 5.41) is 13.4. The fraction of sp³-hybridized carbons (Fsp3) is 0.292. The second kappa shape index (κ2) is 10.1. The first-order valence-electron chi connectivity index (χ1n) is 10.1. The summed E-state index contributed by atoms with van der Waals surface area (Å²) < 4.78 is 5.86. The van der Waals surface area contributed by atoms with Gasteiger partial charge in [0.2, 0.25) is 0 Å². The lowest BCUT2D eigenvalue weighted by atomic mass is 10.1. The molecule has 2 amide bonds. The Bertz CT molecular complexity index is 1120. The summed E-state index contributed by atoms with van der Waals surface area (Å²) in [5.74, 6) is 0.759. The smallest absolute Gasteiger partial charge is 0.322 e. The van der Waals surface area contributed by atoms with Crippen LogP contribution in [0.25, 0.3) is 10.9 Å². The van der Waals surface area contributed by atoms with Crippen LogP contribution in [0.5, 0.6) is 5.75 Å². The Morgan fingerprint density at radius 3 is 2.84 bits per heavy atom. The van der Waals surface area contributed by atoms with E-state index in [1.165, 1.54) is 0 Å². The van der Waals surface area contributed by atoms with Gasteiger partial charge in [-0.25, -0.2) is 4.79 Å². The lowest BCUT2D eigenvalue weighted by Crippen LogP contribution is -2.41. The van der Waals surface area contributed by atoms with Crippen molar-refractivity contribution in [2.24, 2.45) is 0 Å². The molecular weight excluding hydrogens is 412 g/mol. The van der Waals surface area contributed by atoms with Crippen molar-refractivity contribution in [3.63, 3.8) is 0 Å². The number of aromatic nitrogens is 1. The molecule has 0 aliphatic heterocycles. The van der Waals surface area contributed by atoms with Crippen LogP contribution in [0.1, 0.15) is 31.4 Å². The van der Waals surface area contributed by atoms with Gasteiger partial charge in [0, 0.05) is 35.9 Å². The highest BCUT2D eigenvalue weighted by molar-refractivity contribution is 6.33. The average Bonchev–Trinajstić information content (AvgIpc) is 2.76. The number of anilines is 1. The van der Waals surface area contributed by atoms with Gasteiger partial charge in [-0.1, -0.05) is 17.7 Å². The molecule has 0 fully saturated rings. The molecule has 0 saturated heterocycles. The number of urea groups is 1. The zero-order valence-electron chi connectivity index (χ0n) is 17.9. The Morgan fingerprint density at radius 1 is 1.29 bits per heavy atom. The number of amides is 2. The quantitative estimate of drug-likeness (QED) is 0.476. The Hall–Kier alpha value is -3.30. The summed E-state index contributed by atoms with van der Waals surface area (Å²) >= 11 is 6.21.